The topological polar surface area (TPSA) is 58.4 Å². The van der Waals surface area contributed by atoms with E-state index >= 15 is 0 Å². The van der Waals surface area contributed by atoms with Crippen LogP contribution in [-0.4, -0.2) is 29.9 Å². The number of carbonyl (C=O) groups is 1. The first-order valence-corrected chi connectivity index (χ1v) is 7.10. The molecule has 1 aliphatic heterocycles. The molecule has 1 aliphatic rings. The lowest BCUT2D eigenvalue weighted by atomic mass is 10.1. The molecule has 4 nitrogen and oxygen atoms in total. The summed E-state index contributed by atoms with van der Waals surface area (Å²) in [5, 5.41) is 3.40. The smallest absolute Gasteiger partial charge is 0.241 e. The molecule has 20 heavy (non-hydrogen) atoms. The van der Waals surface area contributed by atoms with Gasteiger partial charge < -0.3 is 11.1 Å². The maximum absolute atomic E-state index is 12.3. The summed E-state index contributed by atoms with van der Waals surface area (Å²) >= 11 is 5.92. The van der Waals surface area contributed by atoms with Crippen LogP contribution in [-0.2, 0) is 4.79 Å². The molecule has 0 fully saturated rings. The number of rotatable bonds is 3. The van der Waals surface area contributed by atoms with Gasteiger partial charge in [-0.1, -0.05) is 23.3 Å². The molecule has 0 bridgehead atoms. The number of nitrogens with one attached hydrogen (secondary N) is 1. The van der Waals surface area contributed by atoms with Gasteiger partial charge in [0.25, 0.3) is 0 Å². The van der Waals surface area contributed by atoms with Crippen molar-refractivity contribution < 1.29 is 4.79 Å². The third-order valence-electron chi connectivity index (χ3n) is 3.67. The van der Waals surface area contributed by atoms with Crippen molar-refractivity contribution >= 4 is 28.9 Å². The minimum absolute atomic E-state index is 0.0630. The van der Waals surface area contributed by atoms with Gasteiger partial charge in [0.05, 0.1) is 17.4 Å². The van der Waals surface area contributed by atoms with Crippen LogP contribution in [0.15, 0.2) is 29.8 Å². The minimum Gasteiger partial charge on any atom is -0.397 e. The average Bonchev–Trinajstić information content (AvgIpc) is 2.43. The van der Waals surface area contributed by atoms with E-state index in [-0.39, 0.29) is 11.9 Å². The Labute approximate surface area is 124 Å². The Morgan fingerprint density at radius 1 is 1.50 bits per heavy atom. The first-order chi connectivity index (χ1) is 9.47. The second kappa shape index (κ2) is 6.29. The van der Waals surface area contributed by atoms with Crippen LogP contribution in [0.4, 0.5) is 11.4 Å². The van der Waals surface area contributed by atoms with Crippen molar-refractivity contribution in [1.82, 2.24) is 4.90 Å². The van der Waals surface area contributed by atoms with Crippen LogP contribution in [0.5, 0.6) is 0 Å². The van der Waals surface area contributed by atoms with Gasteiger partial charge in [-0.2, -0.15) is 0 Å². The number of nitrogens with two attached hydrogens (primary N) is 1. The molecule has 1 amide bonds. The summed E-state index contributed by atoms with van der Waals surface area (Å²) in [4.78, 5) is 14.4. The molecule has 0 aromatic heterocycles. The monoisotopic (exact) mass is 293 g/mol. The van der Waals surface area contributed by atoms with Gasteiger partial charge in [-0.3, -0.25) is 9.69 Å². The molecule has 1 unspecified atom stereocenters. The number of halogens is 1. The summed E-state index contributed by atoms with van der Waals surface area (Å²) in [6.07, 6.45) is 3.18. The van der Waals surface area contributed by atoms with Crippen LogP contribution < -0.4 is 11.1 Å². The fraction of sp³-hybridized carbons (Fsp3) is 0.400. The number of amides is 1. The summed E-state index contributed by atoms with van der Waals surface area (Å²) in [6.45, 7) is 5.74. The molecule has 1 heterocycles. The molecule has 1 aromatic carbocycles. The predicted molar refractivity (Wildman–Crippen MR) is 83.9 cm³/mol. The third kappa shape index (κ3) is 3.52. The highest BCUT2D eigenvalue weighted by Gasteiger charge is 2.22. The first-order valence-electron chi connectivity index (χ1n) is 6.73. The maximum atomic E-state index is 12.3. The van der Waals surface area contributed by atoms with E-state index in [4.69, 9.17) is 17.3 Å². The lowest BCUT2D eigenvalue weighted by Crippen LogP contribution is -2.44. The Morgan fingerprint density at radius 3 is 2.90 bits per heavy atom. The van der Waals surface area contributed by atoms with Crippen LogP contribution in [0.2, 0.25) is 5.02 Å². The zero-order valence-electron chi connectivity index (χ0n) is 11.8. The molecular formula is C15H20ClN3O. The molecule has 0 radical (unpaired) electrons. The number of benzene rings is 1. The van der Waals surface area contributed by atoms with E-state index in [1.807, 2.05) is 6.92 Å². The molecule has 5 heteroatoms. The highest BCUT2D eigenvalue weighted by atomic mass is 35.5. The zero-order valence-corrected chi connectivity index (χ0v) is 12.6. The van der Waals surface area contributed by atoms with Crippen molar-refractivity contribution in [2.75, 3.05) is 24.1 Å². The predicted octanol–water partition coefficient (Wildman–Crippen LogP) is 2.90. The number of hydrogen-bond donors (Lipinski definition) is 2. The van der Waals surface area contributed by atoms with Crippen molar-refractivity contribution in [3.8, 4) is 0 Å². The van der Waals surface area contributed by atoms with Crippen molar-refractivity contribution in [1.29, 1.82) is 0 Å². The van der Waals surface area contributed by atoms with E-state index in [1.54, 1.807) is 18.2 Å². The maximum Gasteiger partial charge on any atom is 0.241 e. The van der Waals surface area contributed by atoms with E-state index < -0.39 is 0 Å². The Balaban J connectivity index is 2.02. The molecule has 0 spiro atoms. The van der Waals surface area contributed by atoms with Crippen molar-refractivity contribution in [3.05, 3.63) is 34.9 Å². The van der Waals surface area contributed by atoms with Crippen molar-refractivity contribution in [2.24, 2.45) is 0 Å². The molecule has 1 aromatic rings. The first kappa shape index (κ1) is 14.9. The van der Waals surface area contributed by atoms with E-state index in [0.717, 1.165) is 19.5 Å². The van der Waals surface area contributed by atoms with E-state index in [2.05, 4.69) is 23.2 Å². The SMILES string of the molecule is CC1=CCN(C(C)C(=O)Nc2cc(Cl)ccc2N)CC1. The van der Waals surface area contributed by atoms with Crippen LogP contribution in [0, 0.1) is 0 Å². The van der Waals surface area contributed by atoms with Gasteiger partial charge in [0.2, 0.25) is 5.91 Å². The molecule has 3 N–H and O–H groups in total. The quantitative estimate of drug-likeness (QED) is 0.665. The molecule has 0 saturated carbocycles. The molecule has 0 saturated heterocycles. The van der Waals surface area contributed by atoms with Gasteiger partial charge in [-0.25, -0.2) is 0 Å². The van der Waals surface area contributed by atoms with Gasteiger partial charge in [0.15, 0.2) is 0 Å². The fourth-order valence-electron chi connectivity index (χ4n) is 2.18. The van der Waals surface area contributed by atoms with Crippen LogP contribution >= 0.6 is 11.6 Å². The van der Waals surface area contributed by atoms with Gasteiger partial charge in [-0.15, -0.1) is 0 Å². The Morgan fingerprint density at radius 2 is 2.25 bits per heavy atom. The molecule has 2 rings (SSSR count). The largest absolute Gasteiger partial charge is 0.397 e. The second-order valence-corrected chi connectivity index (χ2v) is 5.63. The Bertz CT molecular complexity index is 542. The summed E-state index contributed by atoms with van der Waals surface area (Å²) in [7, 11) is 0. The minimum atomic E-state index is -0.197. The van der Waals surface area contributed by atoms with E-state index in [9.17, 15) is 4.79 Å². The number of hydrogen-bond acceptors (Lipinski definition) is 3. The number of nitrogens with zero attached hydrogens (tertiary/aromatic N) is 1. The summed E-state index contributed by atoms with van der Waals surface area (Å²) in [6, 6.07) is 4.86. The third-order valence-corrected chi connectivity index (χ3v) is 3.90. The normalized spacial score (nSPS) is 17.4. The fourth-order valence-corrected chi connectivity index (χ4v) is 2.35. The van der Waals surface area contributed by atoms with Crippen LogP contribution in [0.25, 0.3) is 0 Å². The van der Waals surface area contributed by atoms with Crippen LogP contribution in [0.1, 0.15) is 20.3 Å². The van der Waals surface area contributed by atoms with Crippen LogP contribution in [0.3, 0.4) is 0 Å². The highest BCUT2D eigenvalue weighted by molar-refractivity contribution is 6.31. The highest BCUT2D eigenvalue weighted by Crippen LogP contribution is 2.23. The molecule has 1 atom stereocenters. The zero-order chi connectivity index (χ0) is 14.7. The molecule has 108 valence electrons. The summed E-state index contributed by atoms with van der Waals surface area (Å²) in [5.74, 6) is -0.0630. The summed E-state index contributed by atoms with van der Waals surface area (Å²) < 4.78 is 0. The Kier molecular flexibility index (Phi) is 4.68. The summed E-state index contributed by atoms with van der Waals surface area (Å²) in [5.41, 5.74) is 8.31. The van der Waals surface area contributed by atoms with Gasteiger partial charge in [0.1, 0.15) is 0 Å². The molecule has 0 aliphatic carbocycles. The number of carbonyl (C=O) groups excluding carboxylic acids is 1. The van der Waals surface area contributed by atoms with Gasteiger partial charge in [-0.05, 0) is 38.5 Å². The number of anilines is 2. The van der Waals surface area contributed by atoms with E-state index in [1.165, 1.54) is 5.57 Å². The lowest BCUT2D eigenvalue weighted by Gasteiger charge is -2.30. The average molecular weight is 294 g/mol. The number of nitrogen functional groups attached to an aromatic ring is 1. The van der Waals surface area contributed by atoms with Crippen molar-refractivity contribution in [2.45, 2.75) is 26.3 Å². The second-order valence-electron chi connectivity index (χ2n) is 5.19. The van der Waals surface area contributed by atoms with E-state index in [0.29, 0.717) is 16.4 Å². The standard InChI is InChI=1S/C15H20ClN3O/c1-10-5-7-19(8-6-10)11(2)15(20)18-14-9-12(16)3-4-13(14)17/h3-5,9,11H,6-8,17H2,1-2H3,(H,18,20). The van der Waals surface area contributed by atoms with Gasteiger partial charge in [0, 0.05) is 18.1 Å². The molecular weight excluding hydrogens is 274 g/mol. The Hall–Kier alpha value is -1.52. The van der Waals surface area contributed by atoms with Gasteiger partial charge >= 0.3 is 0 Å². The lowest BCUT2D eigenvalue weighted by molar-refractivity contribution is -0.120. The van der Waals surface area contributed by atoms with Crippen molar-refractivity contribution in [3.63, 3.8) is 0 Å².